The molecule has 6 nitrogen and oxygen atoms in total. The van der Waals surface area contributed by atoms with Crippen molar-refractivity contribution in [3.05, 3.63) is 15.5 Å². The van der Waals surface area contributed by atoms with E-state index in [1.54, 1.807) is 0 Å². The summed E-state index contributed by atoms with van der Waals surface area (Å²) >= 11 is 6.79. The number of hydrogen-bond donors (Lipinski definition) is 1. The van der Waals surface area contributed by atoms with Crippen molar-refractivity contribution in [3.8, 4) is 6.07 Å². The molecule has 15 heavy (non-hydrogen) atoms. The summed E-state index contributed by atoms with van der Waals surface area (Å²) in [5.41, 5.74) is 4.35. The van der Waals surface area contributed by atoms with Gasteiger partial charge in [0.2, 0.25) is 5.71 Å². The first-order chi connectivity index (χ1) is 7.13. The van der Waals surface area contributed by atoms with Gasteiger partial charge in [-0.05, 0) is 0 Å². The standard InChI is InChI=1S/C7H5ClN4O2S/c8-7-11-2-4(15-7)3-14-12-5(1-9)6(10)13/h2H,3H2,(H2,10,13)/b12-5-. The molecule has 0 aliphatic heterocycles. The second kappa shape index (κ2) is 5.29. The number of hydrogen-bond acceptors (Lipinski definition) is 6. The molecule has 0 radical (unpaired) electrons. The monoisotopic (exact) mass is 244 g/mol. The first kappa shape index (κ1) is 11.4. The molecule has 0 atom stereocenters. The van der Waals surface area contributed by atoms with Crippen molar-refractivity contribution < 1.29 is 9.63 Å². The lowest BCUT2D eigenvalue weighted by molar-refractivity contribution is -0.112. The van der Waals surface area contributed by atoms with Crippen molar-refractivity contribution in [1.82, 2.24) is 4.98 Å². The third-order valence-electron chi connectivity index (χ3n) is 1.23. The molecule has 0 spiro atoms. The zero-order valence-electron chi connectivity index (χ0n) is 7.31. The predicted octanol–water partition coefficient (Wildman–Crippen LogP) is 0.678. The van der Waals surface area contributed by atoms with Crippen LogP contribution < -0.4 is 5.73 Å². The third-order valence-corrected chi connectivity index (χ3v) is 2.32. The molecular weight excluding hydrogens is 240 g/mol. The van der Waals surface area contributed by atoms with Crippen LogP contribution in [0.1, 0.15) is 4.88 Å². The Kier molecular flexibility index (Phi) is 4.03. The van der Waals surface area contributed by atoms with Crippen LogP contribution >= 0.6 is 22.9 Å². The molecule has 0 aliphatic rings. The van der Waals surface area contributed by atoms with Gasteiger partial charge in [-0.25, -0.2) is 4.98 Å². The topological polar surface area (TPSA) is 101 Å². The average Bonchev–Trinajstić information content (AvgIpc) is 2.58. The Bertz CT molecular complexity index is 436. The van der Waals surface area contributed by atoms with Crippen LogP contribution in [0.15, 0.2) is 11.4 Å². The Morgan fingerprint density at radius 3 is 3.07 bits per heavy atom. The molecule has 0 saturated heterocycles. The highest BCUT2D eigenvalue weighted by molar-refractivity contribution is 7.15. The summed E-state index contributed by atoms with van der Waals surface area (Å²) in [7, 11) is 0. The molecule has 78 valence electrons. The Balaban J connectivity index is 2.52. The van der Waals surface area contributed by atoms with E-state index in [0.717, 1.165) is 4.88 Å². The number of thiazole rings is 1. The lowest BCUT2D eigenvalue weighted by atomic mass is 10.4. The third kappa shape index (κ3) is 3.53. The molecular formula is C7H5ClN4O2S. The van der Waals surface area contributed by atoms with Gasteiger partial charge < -0.3 is 10.6 Å². The average molecular weight is 245 g/mol. The quantitative estimate of drug-likeness (QED) is 0.621. The molecule has 1 amide bonds. The van der Waals surface area contributed by atoms with Crippen molar-refractivity contribution in [2.24, 2.45) is 10.9 Å². The molecule has 8 heteroatoms. The lowest BCUT2D eigenvalue weighted by Gasteiger charge is -1.94. The van der Waals surface area contributed by atoms with Crippen LogP contribution in [0.5, 0.6) is 0 Å². The Hall–Kier alpha value is -1.65. The van der Waals surface area contributed by atoms with Gasteiger partial charge in [0, 0.05) is 6.20 Å². The lowest BCUT2D eigenvalue weighted by Crippen LogP contribution is -2.21. The Morgan fingerprint density at radius 2 is 2.60 bits per heavy atom. The molecule has 0 fully saturated rings. The van der Waals surface area contributed by atoms with E-state index in [1.807, 2.05) is 0 Å². The number of nitrogens with zero attached hydrogens (tertiary/aromatic N) is 3. The fourth-order valence-electron chi connectivity index (χ4n) is 0.631. The van der Waals surface area contributed by atoms with Crippen LogP contribution in [0.2, 0.25) is 4.47 Å². The molecule has 2 N–H and O–H groups in total. The second-order valence-corrected chi connectivity index (χ2v) is 3.97. The van der Waals surface area contributed by atoms with Gasteiger partial charge in [-0.3, -0.25) is 4.79 Å². The van der Waals surface area contributed by atoms with E-state index in [9.17, 15) is 4.79 Å². The molecule has 0 unspecified atom stereocenters. The molecule has 1 aromatic heterocycles. The summed E-state index contributed by atoms with van der Waals surface area (Å²) in [5.74, 6) is -0.931. The molecule has 1 heterocycles. The molecule has 0 aromatic carbocycles. The zero-order chi connectivity index (χ0) is 11.3. The molecule has 0 aliphatic carbocycles. The van der Waals surface area contributed by atoms with E-state index in [0.29, 0.717) is 4.47 Å². The zero-order valence-corrected chi connectivity index (χ0v) is 8.88. The second-order valence-electron chi connectivity index (χ2n) is 2.27. The summed E-state index contributed by atoms with van der Waals surface area (Å²) in [6.07, 6.45) is 1.51. The fraction of sp³-hybridized carbons (Fsp3) is 0.143. The summed E-state index contributed by atoms with van der Waals surface area (Å²) in [6, 6.07) is 1.51. The minimum absolute atomic E-state index is 0.0862. The van der Waals surface area contributed by atoms with Crippen LogP contribution in [0.3, 0.4) is 0 Å². The van der Waals surface area contributed by atoms with Crippen molar-refractivity contribution in [3.63, 3.8) is 0 Å². The van der Waals surface area contributed by atoms with Crippen LogP contribution in [-0.2, 0) is 16.2 Å². The van der Waals surface area contributed by atoms with Gasteiger partial charge in [0.1, 0.15) is 6.07 Å². The number of oxime groups is 1. The van der Waals surface area contributed by atoms with E-state index in [4.69, 9.17) is 27.4 Å². The van der Waals surface area contributed by atoms with E-state index >= 15 is 0 Å². The largest absolute Gasteiger partial charge is 0.389 e. The molecule has 0 bridgehead atoms. The fourth-order valence-corrected chi connectivity index (χ4v) is 1.52. The Labute approximate surface area is 93.9 Å². The van der Waals surface area contributed by atoms with Crippen molar-refractivity contribution in [2.45, 2.75) is 6.61 Å². The molecule has 1 rings (SSSR count). The first-order valence-electron chi connectivity index (χ1n) is 3.63. The highest BCUT2D eigenvalue weighted by Crippen LogP contribution is 2.18. The van der Waals surface area contributed by atoms with Crippen LogP contribution in [0.25, 0.3) is 0 Å². The highest BCUT2D eigenvalue weighted by Gasteiger charge is 2.06. The minimum Gasteiger partial charge on any atom is -0.389 e. The van der Waals surface area contributed by atoms with Crippen LogP contribution in [0.4, 0.5) is 0 Å². The number of primary amides is 1. The summed E-state index contributed by atoms with van der Waals surface area (Å²) in [6.45, 7) is 0.0862. The predicted molar refractivity (Wildman–Crippen MR) is 54.2 cm³/mol. The van der Waals surface area contributed by atoms with Gasteiger partial charge in [-0.15, -0.1) is 11.3 Å². The molecule has 0 saturated carbocycles. The number of rotatable bonds is 4. The van der Waals surface area contributed by atoms with Gasteiger partial charge in [-0.1, -0.05) is 16.8 Å². The van der Waals surface area contributed by atoms with Gasteiger partial charge in [0.25, 0.3) is 5.91 Å². The number of nitrogens with two attached hydrogens (primary N) is 1. The van der Waals surface area contributed by atoms with Crippen molar-refractivity contribution in [1.29, 1.82) is 5.26 Å². The maximum atomic E-state index is 10.5. The van der Waals surface area contributed by atoms with Crippen molar-refractivity contribution >= 4 is 34.6 Å². The van der Waals surface area contributed by atoms with Gasteiger partial charge in [0.15, 0.2) is 11.1 Å². The van der Waals surface area contributed by atoms with E-state index in [1.165, 1.54) is 23.6 Å². The van der Waals surface area contributed by atoms with Gasteiger partial charge in [-0.2, -0.15) is 5.26 Å². The normalized spacial score (nSPS) is 10.8. The first-order valence-corrected chi connectivity index (χ1v) is 4.83. The summed E-state index contributed by atoms with van der Waals surface area (Å²) in [4.78, 5) is 19.8. The number of carbonyl (C=O) groups excluding carboxylic acids is 1. The van der Waals surface area contributed by atoms with Gasteiger partial charge in [0.05, 0.1) is 4.88 Å². The molecule has 1 aromatic rings. The summed E-state index contributed by atoms with van der Waals surface area (Å²) in [5, 5.41) is 11.7. The highest BCUT2D eigenvalue weighted by atomic mass is 35.5. The van der Waals surface area contributed by atoms with E-state index < -0.39 is 11.6 Å². The maximum Gasteiger partial charge on any atom is 0.281 e. The van der Waals surface area contributed by atoms with Gasteiger partial charge >= 0.3 is 0 Å². The number of amides is 1. The number of aromatic nitrogens is 1. The van der Waals surface area contributed by atoms with Crippen LogP contribution in [-0.4, -0.2) is 16.6 Å². The SMILES string of the molecule is N#C/C(=N/OCc1cnc(Cl)s1)C(N)=O. The van der Waals surface area contributed by atoms with Crippen molar-refractivity contribution in [2.75, 3.05) is 0 Å². The maximum absolute atomic E-state index is 10.5. The Morgan fingerprint density at radius 1 is 1.87 bits per heavy atom. The number of halogens is 1. The number of carbonyl (C=O) groups is 1. The van der Waals surface area contributed by atoms with E-state index in [-0.39, 0.29) is 6.61 Å². The number of nitriles is 1. The summed E-state index contributed by atoms with van der Waals surface area (Å²) < 4.78 is 0.382. The van der Waals surface area contributed by atoms with Crippen LogP contribution in [0, 0.1) is 11.3 Å². The van der Waals surface area contributed by atoms with E-state index in [2.05, 4.69) is 10.1 Å². The minimum atomic E-state index is -0.931. The smallest absolute Gasteiger partial charge is 0.281 e.